The number of hydrogen-bond acceptors (Lipinski definition) is 3. The second-order valence-corrected chi connectivity index (χ2v) is 8.04. The van der Waals surface area contributed by atoms with Crippen molar-refractivity contribution in [1.82, 2.24) is 4.90 Å². The molecular weight excluding hydrogens is 361 g/mol. The molecule has 0 bridgehead atoms. The highest BCUT2D eigenvalue weighted by Crippen LogP contribution is 2.25. The van der Waals surface area contributed by atoms with Crippen LogP contribution in [0.2, 0.25) is 5.02 Å². The molecule has 1 atom stereocenters. The highest BCUT2D eigenvalue weighted by molar-refractivity contribution is 6.34. The maximum absolute atomic E-state index is 12.7. The molecular formula is C18H27Cl2N3O2. The van der Waals surface area contributed by atoms with Crippen LogP contribution < -0.4 is 11.1 Å². The number of piperidine rings is 1. The predicted molar refractivity (Wildman–Crippen MR) is 105 cm³/mol. The van der Waals surface area contributed by atoms with Crippen LogP contribution in [-0.2, 0) is 4.79 Å². The topological polar surface area (TPSA) is 75.4 Å². The van der Waals surface area contributed by atoms with Crippen molar-refractivity contribution in [3.05, 3.63) is 28.8 Å². The zero-order valence-corrected chi connectivity index (χ0v) is 16.5. The summed E-state index contributed by atoms with van der Waals surface area (Å²) < 4.78 is 0. The number of likely N-dealkylation sites (tertiary alicyclic amines) is 1. The van der Waals surface area contributed by atoms with Crippen molar-refractivity contribution in [2.75, 3.05) is 18.4 Å². The maximum Gasteiger partial charge on any atom is 0.255 e. The Morgan fingerprint density at radius 1 is 1.36 bits per heavy atom. The van der Waals surface area contributed by atoms with Gasteiger partial charge < -0.3 is 16.0 Å². The lowest BCUT2D eigenvalue weighted by Gasteiger charge is -2.31. The molecule has 140 valence electrons. The number of rotatable bonds is 3. The molecule has 0 saturated carbocycles. The molecule has 1 fully saturated rings. The Morgan fingerprint density at radius 2 is 2.04 bits per heavy atom. The van der Waals surface area contributed by atoms with Crippen LogP contribution in [0.3, 0.4) is 0 Å². The van der Waals surface area contributed by atoms with Gasteiger partial charge in [-0.05, 0) is 36.5 Å². The second kappa shape index (κ2) is 8.88. The minimum Gasteiger partial charge on any atom is -0.337 e. The second-order valence-electron chi connectivity index (χ2n) is 7.63. The molecule has 1 unspecified atom stereocenters. The molecule has 2 amide bonds. The highest BCUT2D eigenvalue weighted by Gasteiger charge is 2.24. The summed E-state index contributed by atoms with van der Waals surface area (Å²) in [5.74, 6) is -0.217. The summed E-state index contributed by atoms with van der Waals surface area (Å²) in [6, 6.07) is 5.01. The number of carbonyl (C=O) groups is 2. The van der Waals surface area contributed by atoms with Gasteiger partial charge in [0, 0.05) is 31.2 Å². The number of hydrogen-bond donors (Lipinski definition) is 2. The molecule has 25 heavy (non-hydrogen) atoms. The maximum atomic E-state index is 12.7. The van der Waals surface area contributed by atoms with E-state index in [0.717, 1.165) is 12.8 Å². The lowest BCUT2D eigenvalue weighted by molar-refractivity contribution is -0.117. The van der Waals surface area contributed by atoms with Gasteiger partial charge in [-0.3, -0.25) is 9.59 Å². The lowest BCUT2D eigenvalue weighted by Crippen LogP contribution is -2.45. The number of carbonyl (C=O) groups excluding carboxylic acids is 2. The monoisotopic (exact) mass is 387 g/mol. The van der Waals surface area contributed by atoms with Crippen LogP contribution in [0.5, 0.6) is 0 Å². The van der Waals surface area contributed by atoms with E-state index in [1.807, 2.05) is 20.8 Å². The van der Waals surface area contributed by atoms with Crippen LogP contribution in [0.4, 0.5) is 5.69 Å². The quantitative estimate of drug-likeness (QED) is 0.829. The van der Waals surface area contributed by atoms with Gasteiger partial charge in [0.25, 0.3) is 5.91 Å². The van der Waals surface area contributed by atoms with E-state index in [1.165, 1.54) is 0 Å². The van der Waals surface area contributed by atoms with Crippen LogP contribution in [0.15, 0.2) is 18.2 Å². The van der Waals surface area contributed by atoms with Gasteiger partial charge in [0.05, 0.1) is 10.6 Å². The summed E-state index contributed by atoms with van der Waals surface area (Å²) in [6.07, 6.45) is 2.23. The van der Waals surface area contributed by atoms with E-state index in [4.69, 9.17) is 17.3 Å². The standard InChI is InChI=1S/C18H26ClN3O2.ClH/c1-18(2,3)10-16(23)21-13-6-7-15(19)14(9-13)17(24)22-8-4-5-12(20)11-22;/h6-7,9,12H,4-5,8,10-11,20H2,1-3H3,(H,21,23);1H. The molecule has 1 aliphatic rings. The summed E-state index contributed by atoms with van der Waals surface area (Å²) in [4.78, 5) is 26.5. The number of nitrogens with two attached hydrogens (primary N) is 1. The Hall–Kier alpha value is -1.30. The molecule has 1 aromatic rings. The van der Waals surface area contributed by atoms with Gasteiger partial charge in [-0.2, -0.15) is 0 Å². The number of anilines is 1. The molecule has 1 aromatic carbocycles. The summed E-state index contributed by atoms with van der Waals surface area (Å²) >= 11 is 6.20. The fourth-order valence-corrected chi connectivity index (χ4v) is 3.02. The molecule has 0 aliphatic carbocycles. The first kappa shape index (κ1) is 21.7. The molecule has 0 aromatic heterocycles. The van der Waals surface area contributed by atoms with E-state index in [0.29, 0.717) is 35.8 Å². The Morgan fingerprint density at radius 3 is 2.64 bits per heavy atom. The lowest BCUT2D eigenvalue weighted by atomic mass is 9.92. The average molecular weight is 388 g/mol. The van der Waals surface area contributed by atoms with Crippen molar-refractivity contribution in [2.45, 2.75) is 46.1 Å². The van der Waals surface area contributed by atoms with Crippen molar-refractivity contribution in [2.24, 2.45) is 11.1 Å². The normalized spacial score (nSPS) is 17.6. The van der Waals surface area contributed by atoms with Crippen LogP contribution >= 0.6 is 24.0 Å². The van der Waals surface area contributed by atoms with Crippen molar-refractivity contribution < 1.29 is 9.59 Å². The van der Waals surface area contributed by atoms with Crippen LogP contribution in [0.25, 0.3) is 0 Å². The van der Waals surface area contributed by atoms with Crippen molar-refractivity contribution in [3.8, 4) is 0 Å². The summed E-state index contributed by atoms with van der Waals surface area (Å²) in [6.45, 7) is 7.23. The average Bonchev–Trinajstić information content (AvgIpc) is 2.46. The van der Waals surface area contributed by atoms with E-state index in [-0.39, 0.29) is 35.7 Å². The first-order valence-corrected chi connectivity index (χ1v) is 8.68. The minimum absolute atomic E-state index is 0. The number of amides is 2. The third-order valence-corrected chi connectivity index (χ3v) is 4.25. The first-order valence-electron chi connectivity index (χ1n) is 8.30. The Balaban J connectivity index is 0.00000312. The van der Waals surface area contributed by atoms with E-state index in [1.54, 1.807) is 23.1 Å². The highest BCUT2D eigenvalue weighted by atomic mass is 35.5. The third-order valence-electron chi connectivity index (χ3n) is 3.92. The number of halogens is 2. The van der Waals surface area contributed by atoms with E-state index in [2.05, 4.69) is 5.32 Å². The Bertz CT molecular complexity index is 629. The van der Waals surface area contributed by atoms with Gasteiger partial charge in [-0.1, -0.05) is 32.4 Å². The molecule has 0 spiro atoms. The van der Waals surface area contributed by atoms with Crippen molar-refractivity contribution in [3.63, 3.8) is 0 Å². The molecule has 2 rings (SSSR count). The Kier molecular flexibility index (Phi) is 7.72. The van der Waals surface area contributed by atoms with Crippen molar-refractivity contribution in [1.29, 1.82) is 0 Å². The molecule has 3 N–H and O–H groups in total. The molecule has 1 heterocycles. The van der Waals surface area contributed by atoms with Gasteiger partial charge in [-0.25, -0.2) is 0 Å². The summed E-state index contributed by atoms with van der Waals surface area (Å²) in [5.41, 5.74) is 6.84. The van der Waals surface area contributed by atoms with Gasteiger partial charge in [0.1, 0.15) is 0 Å². The smallest absolute Gasteiger partial charge is 0.255 e. The van der Waals surface area contributed by atoms with E-state index >= 15 is 0 Å². The van der Waals surface area contributed by atoms with Gasteiger partial charge in [0.2, 0.25) is 5.91 Å². The van der Waals surface area contributed by atoms with Crippen LogP contribution in [0, 0.1) is 5.41 Å². The fourth-order valence-electron chi connectivity index (χ4n) is 2.82. The van der Waals surface area contributed by atoms with Crippen LogP contribution in [-0.4, -0.2) is 35.8 Å². The van der Waals surface area contributed by atoms with E-state index < -0.39 is 0 Å². The first-order chi connectivity index (χ1) is 11.2. The SMILES string of the molecule is CC(C)(C)CC(=O)Nc1ccc(Cl)c(C(=O)N2CCCC(N)C2)c1.Cl. The minimum atomic E-state index is -0.137. The zero-order valence-electron chi connectivity index (χ0n) is 15.0. The summed E-state index contributed by atoms with van der Waals surface area (Å²) in [7, 11) is 0. The fraction of sp³-hybridized carbons (Fsp3) is 0.556. The predicted octanol–water partition coefficient (Wildman–Crippen LogP) is 3.70. The largest absolute Gasteiger partial charge is 0.337 e. The zero-order chi connectivity index (χ0) is 17.9. The number of nitrogens with one attached hydrogen (secondary N) is 1. The molecule has 7 heteroatoms. The molecule has 5 nitrogen and oxygen atoms in total. The van der Waals surface area contributed by atoms with Gasteiger partial charge in [-0.15, -0.1) is 12.4 Å². The van der Waals surface area contributed by atoms with Gasteiger partial charge in [0.15, 0.2) is 0 Å². The number of nitrogens with zero attached hydrogens (tertiary/aromatic N) is 1. The molecule has 1 saturated heterocycles. The van der Waals surface area contributed by atoms with Crippen molar-refractivity contribution >= 4 is 41.5 Å². The molecule has 0 radical (unpaired) electrons. The van der Waals surface area contributed by atoms with E-state index in [9.17, 15) is 9.59 Å². The number of benzene rings is 1. The summed E-state index contributed by atoms with van der Waals surface area (Å²) in [5, 5.41) is 3.22. The third kappa shape index (κ3) is 6.49. The molecule has 1 aliphatic heterocycles. The Labute approximate surface area is 160 Å². The van der Waals surface area contributed by atoms with Crippen LogP contribution in [0.1, 0.15) is 50.4 Å². The van der Waals surface area contributed by atoms with Gasteiger partial charge >= 0.3 is 0 Å².